The van der Waals surface area contributed by atoms with E-state index < -0.39 is 94.9 Å². The number of carbonyl (C=O) groups is 3. The molecule has 15 heteroatoms. The Morgan fingerprint density at radius 2 is 1.56 bits per heavy atom. The van der Waals surface area contributed by atoms with Crippen molar-refractivity contribution in [2.45, 2.75) is 199 Å². The molecule has 2 spiro atoms. The van der Waals surface area contributed by atoms with Crippen molar-refractivity contribution < 1.29 is 82.9 Å². The summed E-state index contributed by atoms with van der Waals surface area (Å²) in [7, 11) is 0. The van der Waals surface area contributed by atoms with Gasteiger partial charge in [0.05, 0.1) is 63.4 Å². The summed E-state index contributed by atoms with van der Waals surface area (Å²) in [6.07, 6.45) is 5.68. The molecule has 12 nitrogen and oxygen atoms in total. The van der Waals surface area contributed by atoms with E-state index in [9.17, 15) is 29.7 Å². The molecule has 354 valence electrons. The normalized spacial score (nSPS) is 39.9. The number of carboxylic acids is 1. The number of amides is 1. The molecule has 6 rings (SSSR count). The Hall–Kier alpha value is -1.13. The standard InChI is InChI=1S/C49H73Cl2NO11.Na/c1-11-32(45(56)57)36-18-17-26(4)42(60-36)30(8)40(53)29(7)41(54)33(12-2)43-27(5)25-28(6)48(61-43)22-19-37(52-44(55)39-34(50)15-14-16-35(39)51)49(63-48)24-23-46(10,62-49)38-20-21-47(58,13-3)31(9)59-38;/h14-16,19,22,26-33,36-38,40,42-43,53,58H,11-13,17-18,20-21,23-25H2,1-10H3,(H,52,55)(H,56,57);/q;+1/p-1/t26-,27-,28+,29-,30-,31-,32+,33-,36+,37-,38+,40+,42+,43-,46-,47+,48-,49-;/m0./s1. The topological polar surface area (TPSA) is 173 Å². The van der Waals surface area contributed by atoms with Crippen molar-refractivity contribution in [1.29, 1.82) is 0 Å². The molecular formula is C49H72Cl2NNaO11. The largest absolute Gasteiger partial charge is 1.00 e. The minimum absolute atomic E-state index is 0. The Labute approximate surface area is 412 Å². The average Bonchev–Trinajstić information content (AvgIpc) is 3.58. The number of Topliss-reactive ketones (excluding diaryl/α,β-unsaturated/α-hetero) is 1. The van der Waals surface area contributed by atoms with Crippen LogP contribution in [0.5, 0.6) is 0 Å². The van der Waals surface area contributed by atoms with E-state index in [0.29, 0.717) is 57.8 Å². The van der Waals surface area contributed by atoms with Gasteiger partial charge in [-0.15, -0.1) is 0 Å². The number of hydrogen-bond donors (Lipinski definition) is 3. The van der Waals surface area contributed by atoms with Crippen molar-refractivity contribution in [3.8, 4) is 0 Å². The number of carbonyl (C=O) groups excluding carboxylic acids is 3. The average molecular weight is 945 g/mol. The van der Waals surface area contributed by atoms with Gasteiger partial charge >= 0.3 is 29.6 Å². The van der Waals surface area contributed by atoms with Crippen molar-refractivity contribution in [3.63, 3.8) is 0 Å². The van der Waals surface area contributed by atoms with Gasteiger partial charge in [-0.3, -0.25) is 9.59 Å². The quantitative estimate of drug-likeness (QED) is 0.176. The van der Waals surface area contributed by atoms with E-state index >= 15 is 0 Å². The van der Waals surface area contributed by atoms with E-state index in [4.69, 9.17) is 46.9 Å². The van der Waals surface area contributed by atoms with Gasteiger partial charge in [-0.25, -0.2) is 0 Å². The van der Waals surface area contributed by atoms with Crippen LogP contribution in [-0.2, 0) is 33.3 Å². The second-order valence-electron chi connectivity index (χ2n) is 20.0. The summed E-state index contributed by atoms with van der Waals surface area (Å²) in [6.45, 7) is 19.4. The van der Waals surface area contributed by atoms with Crippen molar-refractivity contribution in [1.82, 2.24) is 5.32 Å². The molecule has 4 saturated heterocycles. The first-order valence-electron chi connectivity index (χ1n) is 23.6. The number of hydrogen-bond acceptors (Lipinski definition) is 11. The number of nitrogens with one attached hydrogen (secondary N) is 1. The first-order chi connectivity index (χ1) is 29.6. The zero-order valence-electron chi connectivity index (χ0n) is 39.9. The summed E-state index contributed by atoms with van der Waals surface area (Å²) in [4.78, 5) is 40.6. The van der Waals surface area contributed by atoms with Crippen LogP contribution in [0.1, 0.15) is 144 Å². The van der Waals surface area contributed by atoms with Gasteiger partial charge in [-0.1, -0.05) is 90.7 Å². The smallest absolute Gasteiger partial charge is 0.550 e. The fourth-order valence-corrected chi connectivity index (χ4v) is 12.1. The number of ether oxygens (including phenoxy) is 5. The van der Waals surface area contributed by atoms with Crippen LogP contribution in [0.25, 0.3) is 0 Å². The first kappa shape index (κ1) is 53.8. The van der Waals surface area contributed by atoms with Gasteiger partial charge in [0.2, 0.25) is 0 Å². The Morgan fingerprint density at radius 1 is 0.906 bits per heavy atom. The molecule has 0 bridgehead atoms. The summed E-state index contributed by atoms with van der Waals surface area (Å²) in [5, 5.41) is 38.6. The summed E-state index contributed by atoms with van der Waals surface area (Å²) >= 11 is 13.0. The number of benzene rings is 1. The predicted octanol–water partition coefficient (Wildman–Crippen LogP) is 4.60. The number of ketones is 1. The molecule has 1 aromatic rings. The molecule has 1 amide bonds. The summed E-state index contributed by atoms with van der Waals surface area (Å²) in [5.41, 5.74) is -1.68. The van der Waals surface area contributed by atoms with Crippen molar-refractivity contribution in [2.75, 3.05) is 0 Å². The van der Waals surface area contributed by atoms with Crippen LogP contribution in [0.2, 0.25) is 10.0 Å². The fourth-order valence-electron chi connectivity index (χ4n) is 11.6. The molecule has 4 fully saturated rings. The molecule has 64 heavy (non-hydrogen) atoms. The van der Waals surface area contributed by atoms with Crippen LogP contribution in [0.4, 0.5) is 0 Å². The molecule has 5 aliphatic heterocycles. The predicted molar refractivity (Wildman–Crippen MR) is 238 cm³/mol. The van der Waals surface area contributed by atoms with Crippen LogP contribution in [-0.4, -0.2) is 93.3 Å². The fraction of sp³-hybridized carbons (Fsp3) is 0.776. The van der Waals surface area contributed by atoms with Gasteiger partial charge in [0.1, 0.15) is 11.8 Å². The summed E-state index contributed by atoms with van der Waals surface area (Å²) in [5.74, 6) is -7.33. The monoisotopic (exact) mass is 943 g/mol. The summed E-state index contributed by atoms with van der Waals surface area (Å²) < 4.78 is 34.5. The zero-order valence-corrected chi connectivity index (χ0v) is 43.4. The third-order valence-electron chi connectivity index (χ3n) is 15.9. The van der Waals surface area contributed by atoms with Gasteiger partial charge in [0.25, 0.3) is 5.91 Å². The second kappa shape index (κ2) is 21.2. The molecule has 5 heterocycles. The summed E-state index contributed by atoms with van der Waals surface area (Å²) in [6, 6.07) is 4.08. The van der Waals surface area contributed by atoms with Gasteiger partial charge < -0.3 is 49.1 Å². The number of aliphatic hydroxyl groups excluding tert-OH is 1. The van der Waals surface area contributed by atoms with Crippen LogP contribution in [0.3, 0.4) is 0 Å². The van der Waals surface area contributed by atoms with E-state index in [1.54, 1.807) is 32.0 Å². The van der Waals surface area contributed by atoms with E-state index in [1.165, 1.54) is 0 Å². The Kier molecular flexibility index (Phi) is 17.9. The minimum atomic E-state index is -1.44. The molecule has 18 atom stereocenters. The molecule has 0 radical (unpaired) electrons. The minimum Gasteiger partial charge on any atom is -0.550 e. The van der Waals surface area contributed by atoms with Crippen LogP contribution >= 0.6 is 23.2 Å². The molecular weight excluding hydrogens is 872 g/mol. The second-order valence-corrected chi connectivity index (χ2v) is 20.8. The van der Waals surface area contributed by atoms with Gasteiger partial charge in [0.15, 0.2) is 11.6 Å². The molecule has 3 N–H and O–H groups in total. The molecule has 1 aromatic carbocycles. The number of aliphatic carboxylic acids is 1. The van der Waals surface area contributed by atoms with E-state index in [2.05, 4.69) is 19.2 Å². The van der Waals surface area contributed by atoms with E-state index in [0.717, 1.165) is 6.42 Å². The Balaban J connectivity index is 0.00000771. The van der Waals surface area contributed by atoms with Crippen molar-refractivity contribution in [3.05, 3.63) is 46.0 Å². The Bertz CT molecular complexity index is 1840. The van der Waals surface area contributed by atoms with E-state index in [1.807, 2.05) is 53.7 Å². The maximum absolute atomic E-state index is 14.7. The maximum Gasteiger partial charge on any atom is 1.00 e. The molecule has 0 unspecified atom stereocenters. The molecule has 5 aliphatic rings. The number of carboxylic acid groups (broad SMARTS) is 1. The van der Waals surface area contributed by atoms with Gasteiger partial charge in [-0.2, -0.15) is 0 Å². The molecule has 0 saturated carbocycles. The Morgan fingerprint density at radius 3 is 2.16 bits per heavy atom. The zero-order chi connectivity index (χ0) is 46.4. The SMILES string of the molecule is CC[C@@H](C(=O)[C@@H](C)[C@@H](O)[C@H](C)[C@@H]1O[C@@H]([C@@H](CC)C(=O)[O-])CC[C@@H]1C)[C@H]1O[C@]2(C=C[C@H](NC(=O)c3c(Cl)cccc3Cl)[C@]3(CC[C@@](C)([C@H]4CC[C@](O)(CC)[C@H](C)O4)O3)O2)[C@H](C)C[C@@H]1C.[Na+]. The van der Waals surface area contributed by atoms with E-state index in [-0.39, 0.29) is 74.8 Å². The van der Waals surface area contributed by atoms with Crippen LogP contribution in [0, 0.1) is 41.4 Å². The third-order valence-corrected chi connectivity index (χ3v) is 16.6. The van der Waals surface area contributed by atoms with Gasteiger partial charge in [-0.05, 0) is 102 Å². The number of rotatable bonds is 14. The molecule has 0 aliphatic carbocycles. The number of aliphatic hydroxyl groups is 2. The van der Waals surface area contributed by atoms with Crippen LogP contribution < -0.4 is 40.0 Å². The van der Waals surface area contributed by atoms with Gasteiger partial charge in [0, 0.05) is 42.0 Å². The van der Waals surface area contributed by atoms with Crippen molar-refractivity contribution >= 4 is 40.9 Å². The number of halogens is 2. The molecule has 0 aromatic heterocycles. The maximum atomic E-state index is 14.7. The first-order valence-corrected chi connectivity index (χ1v) is 24.3. The third kappa shape index (κ3) is 10.4. The van der Waals surface area contributed by atoms with Crippen LogP contribution in [0.15, 0.2) is 30.4 Å². The van der Waals surface area contributed by atoms with Crippen molar-refractivity contribution in [2.24, 2.45) is 41.4 Å².